The maximum atomic E-state index is 13.5. The zero-order chi connectivity index (χ0) is 19.7. The van der Waals surface area contributed by atoms with Gasteiger partial charge < -0.3 is 10.2 Å². The van der Waals surface area contributed by atoms with Gasteiger partial charge in [-0.15, -0.1) is 0 Å². The standard InChI is InChI=1S/C22H28N4O2/c1-15(27)24-18-11-9-17(10-12-18)21-19(14-23-25(21)2)22(28)26-13-5-7-16-6-3-4-8-20(16)26/h9-12,14,16,20H,3-8,13H2,1-2H3,(H,24,27). The fraction of sp³-hybridized carbons (Fsp3) is 0.500. The summed E-state index contributed by atoms with van der Waals surface area (Å²) in [5.74, 6) is 0.658. The van der Waals surface area contributed by atoms with Crippen molar-refractivity contribution in [2.75, 3.05) is 11.9 Å². The second-order valence-corrected chi connectivity index (χ2v) is 8.04. The molecule has 6 nitrogen and oxygen atoms in total. The fourth-order valence-corrected chi connectivity index (χ4v) is 4.88. The van der Waals surface area contributed by atoms with E-state index in [-0.39, 0.29) is 11.8 Å². The first-order valence-corrected chi connectivity index (χ1v) is 10.3. The molecule has 1 aromatic heterocycles. The summed E-state index contributed by atoms with van der Waals surface area (Å²) in [5.41, 5.74) is 3.17. The lowest BCUT2D eigenvalue weighted by molar-refractivity contribution is -0.114. The number of amides is 2. The predicted molar refractivity (Wildman–Crippen MR) is 109 cm³/mol. The van der Waals surface area contributed by atoms with Gasteiger partial charge in [-0.25, -0.2) is 0 Å². The molecule has 2 heterocycles. The van der Waals surface area contributed by atoms with E-state index in [1.54, 1.807) is 10.9 Å². The minimum atomic E-state index is -0.101. The molecule has 6 heteroatoms. The van der Waals surface area contributed by atoms with Gasteiger partial charge in [0, 0.05) is 37.8 Å². The quantitative estimate of drug-likeness (QED) is 0.880. The highest BCUT2D eigenvalue weighted by atomic mass is 16.2. The average molecular weight is 380 g/mol. The number of benzene rings is 1. The monoisotopic (exact) mass is 380 g/mol. The highest BCUT2D eigenvalue weighted by Crippen LogP contribution is 2.37. The molecule has 1 saturated carbocycles. The summed E-state index contributed by atoms with van der Waals surface area (Å²) >= 11 is 0. The molecule has 28 heavy (non-hydrogen) atoms. The van der Waals surface area contributed by atoms with Crippen LogP contribution in [0.3, 0.4) is 0 Å². The van der Waals surface area contributed by atoms with Crippen LogP contribution in [0.2, 0.25) is 0 Å². The van der Waals surface area contributed by atoms with Gasteiger partial charge in [-0.2, -0.15) is 5.10 Å². The molecule has 1 aliphatic carbocycles. The Morgan fingerprint density at radius 3 is 2.54 bits per heavy atom. The van der Waals surface area contributed by atoms with Crippen LogP contribution in [0.4, 0.5) is 5.69 Å². The number of anilines is 1. The van der Waals surface area contributed by atoms with Crippen LogP contribution in [-0.4, -0.2) is 39.1 Å². The summed E-state index contributed by atoms with van der Waals surface area (Å²) in [6, 6.07) is 7.95. The van der Waals surface area contributed by atoms with E-state index in [9.17, 15) is 9.59 Å². The number of rotatable bonds is 3. The zero-order valence-corrected chi connectivity index (χ0v) is 16.6. The summed E-state index contributed by atoms with van der Waals surface area (Å²) in [6.07, 6.45) is 8.92. The molecule has 2 atom stereocenters. The number of aromatic nitrogens is 2. The summed E-state index contributed by atoms with van der Waals surface area (Å²) in [4.78, 5) is 26.8. The van der Waals surface area contributed by atoms with Crippen LogP contribution in [0.25, 0.3) is 11.3 Å². The molecular formula is C22H28N4O2. The molecule has 1 aliphatic heterocycles. The maximum absolute atomic E-state index is 13.5. The third kappa shape index (κ3) is 3.55. The zero-order valence-electron chi connectivity index (χ0n) is 16.6. The highest BCUT2D eigenvalue weighted by molar-refractivity contribution is 6.00. The van der Waals surface area contributed by atoms with Crippen LogP contribution in [0.5, 0.6) is 0 Å². The van der Waals surface area contributed by atoms with Gasteiger partial charge in [0.05, 0.1) is 17.5 Å². The van der Waals surface area contributed by atoms with E-state index in [2.05, 4.69) is 15.3 Å². The summed E-state index contributed by atoms with van der Waals surface area (Å²) in [5, 5.41) is 7.16. The molecule has 148 valence electrons. The van der Waals surface area contributed by atoms with Crippen molar-refractivity contribution in [3.05, 3.63) is 36.0 Å². The number of carbonyl (C=O) groups excluding carboxylic acids is 2. The van der Waals surface area contributed by atoms with E-state index in [1.807, 2.05) is 31.3 Å². The van der Waals surface area contributed by atoms with Crippen LogP contribution in [0.15, 0.2) is 30.5 Å². The summed E-state index contributed by atoms with van der Waals surface area (Å²) in [6.45, 7) is 2.33. The predicted octanol–water partition coefficient (Wildman–Crippen LogP) is 3.84. The van der Waals surface area contributed by atoms with Gasteiger partial charge >= 0.3 is 0 Å². The molecule has 2 unspecified atom stereocenters. The Balaban J connectivity index is 1.62. The molecule has 2 aromatic rings. The van der Waals surface area contributed by atoms with Crippen LogP contribution in [0, 0.1) is 5.92 Å². The Hall–Kier alpha value is -2.63. The topological polar surface area (TPSA) is 67.2 Å². The number of hydrogen-bond donors (Lipinski definition) is 1. The second-order valence-electron chi connectivity index (χ2n) is 8.04. The third-order valence-corrected chi connectivity index (χ3v) is 6.15. The molecule has 0 bridgehead atoms. The molecule has 2 aliphatic rings. The minimum Gasteiger partial charge on any atom is -0.335 e. The van der Waals surface area contributed by atoms with Crippen molar-refractivity contribution < 1.29 is 9.59 Å². The maximum Gasteiger partial charge on any atom is 0.257 e. The Kier molecular flexibility index (Phi) is 5.20. The number of piperidine rings is 1. The van der Waals surface area contributed by atoms with Gasteiger partial charge in [-0.05, 0) is 43.7 Å². The van der Waals surface area contributed by atoms with Crippen LogP contribution in [-0.2, 0) is 11.8 Å². The Labute approximate surface area is 165 Å². The van der Waals surface area contributed by atoms with Crippen molar-refractivity contribution in [1.82, 2.24) is 14.7 Å². The van der Waals surface area contributed by atoms with E-state index in [4.69, 9.17) is 0 Å². The molecule has 0 spiro atoms. The van der Waals surface area contributed by atoms with Gasteiger partial charge in [0.1, 0.15) is 0 Å². The lowest BCUT2D eigenvalue weighted by atomic mass is 9.78. The van der Waals surface area contributed by atoms with Gasteiger partial charge in [0.25, 0.3) is 5.91 Å². The summed E-state index contributed by atoms with van der Waals surface area (Å²) < 4.78 is 1.77. The van der Waals surface area contributed by atoms with Crippen LogP contribution >= 0.6 is 0 Å². The van der Waals surface area contributed by atoms with E-state index in [0.29, 0.717) is 17.5 Å². The minimum absolute atomic E-state index is 0.101. The van der Waals surface area contributed by atoms with E-state index in [0.717, 1.165) is 36.3 Å². The molecule has 4 rings (SSSR count). The van der Waals surface area contributed by atoms with Crippen molar-refractivity contribution in [2.24, 2.45) is 13.0 Å². The normalized spacial score (nSPS) is 21.9. The van der Waals surface area contributed by atoms with E-state index >= 15 is 0 Å². The second kappa shape index (κ2) is 7.78. The Morgan fingerprint density at radius 2 is 1.79 bits per heavy atom. The SMILES string of the molecule is CC(=O)Nc1ccc(-c2c(C(=O)N3CCCC4CCCCC43)cnn2C)cc1. The van der Waals surface area contributed by atoms with Crippen molar-refractivity contribution in [3.63, 3.8) is 0 Å². The van der Waals surface area contributed by atoms with Crippen molar-refractivity contribution >= 4 is 17.5 Å². The highest BCUT2D eigenvalue weighted by Gasteiger charge is 2.37. The van der Waals surface area contributed by atoms with Crippen LogP contribution in [0.1, 0.15) is 55.8 Å². The lowest BCUT2D eigenvalue weighted by Gasteiger charge is -2.44. The van der Waals surface area contributed by atoms with Gasteiger partial charge in [0.15, 0.2) is 0 Å². The lowest BCUT2D eigenvalue weighted by Crippen LogP contribution is -2.49. The van der Waals surface area contributed by atoms with Crippen molar-refractivity contribution in [1.29, 1.82) is 0 Å². The number of likely N-dealkylation sites (tertiary alicyclic amines) is 1. The number of nitrogens with one attached hydrogen (secondary N) is 1. The first-order valence-electron chi connectivity index (χ1n) is 10.3. The van der Waals surface area contributed by atoms with Crippen LogP contribution < -0.4 is 5.32 Å². The fourth-order valence-electron chi connectivity index (χ4n) is 4.88. The molecule has 1 saturated heterocycles. The summed E-state index contributed by atoms with van der Waals surface area (Å²) in [7, 11) is 1.87. The number of hydrogen-bond acceptors (Lipinski definition) is 3. The number of nitrogens with zero attached hydrogens (tertiary/aromatic N) is 3. The van der Waals surface area contributed by atoms with E-state index < -0.39 is 0 Å². The van der Waals surface area contributed by atoms with Gasteiger partial charge in [-0.3, -0.25) is 14.3 Å². The largest absolute Gasteiger partial charge is 0.335 e. The average Bonchev–Trinajstić information content (AvgIpc) is 3.08. The third-order valence-electron chi connectivity index (χ3n) is 6.15. The molecular weight excluding hydrogens is 352 g/mol. The molecule has 0 radical (unpaired) electrons. The van der Waals surface area contributed by atoms with Gasteiger partial charge in [0.2, 0.25) is 5.91 Å². The van der Waals surface area contributed by atoms with Crippen molar-refractivity contribution in [2.45, 2.75) is 51.5 Å². The number of carbonyl (C=O) groups is 2. The molecule has 1 aromatic carbocycles. The Bertz CT molecular complexity index is 869. The van der Waals surface area contributed by atoms with Gasteiger partial charge in [-0.1, -0.05) is 25.0 Å². The smallest absolute Gasteiger partial charge is 0.257 e. The molecule has 1 N–H and O–H groups in total. The number of fused-ring (bicyclic) bond motifs is 1. The molecule has 2 fully saturated rings. The van der Waals surface area contributed by atoms with E-state index in [1.165, 1.54) is 32.6 Å². The Morgan fingerprint density at radius 1 is 1.07 bits per heavy atom. The first kappa shape index (κ1) is 18.7. The molecule has 2 amide bonds. The first-order chi connectivity index (χ1) is 13.5. The number of aryl methyl sites for hydroxylation is 1. The van der Waals surface area contributed by atoms with Crippen molar-refractivity contribution in [3.8, 4) is 11.3 Å².